The molecule has 20 atom stereocenters. The summed E-state index contributed by atoms with van der Waals surface area (Å²) in [6, 6.07) is -0.0454. The Balaban J connectivity index is 0.739. The number of rotatable bonds is 32. The zero-order valence-electron chi connectivity index (χ0n) is 80.8. The van der Waals surface area contributed by atoms with Gasteiger partial charge in [-0.2, -0.15) is 9.36 Å². The zero-order chi connectivity index (χ0) is 108. The number of oxime groups is 1. The van der Waals surface area contributed by atoms with E-state index in [1.165, 1.54) is 63.8 Å². The maximum absolute atomic E-state index is 16.5. The number of aliphatic hydroxyl groups is 6. The maximum Gasteiger partial charge on any atom is 0.352 e. The summed E-state index contributed by atoms with van der Waals surface area (Å²) in [5, 5.41) is 157. The number of pyridine rings is 1. The molecular weight excluding hydrogens is 2040 g/mol. The molecule has 5 aromatic carbocycles. The number of fused-ring (bicyclic) bond motifs is 16. The van der Waals surface area contributed by atoms with Gasteiger partial charge in [0.25, 0.3) is 11.8 Å². The van der Waals surface area contributed by atoms with E-state index in [9.17, 15) is 94.5 Å². The predicted octanol–water partition coefficient (Wildman–Crippen LogP) is -0.959. The molecule has 0 aliphatic carbocycles. The van der Waals surface area contributed by atoms with E-state index in [-0.39, 0.29) is 127 Å². The fourth-order valence-corrected chi connectivity index (χ4v) is 20.1. The molecule has 27 N–H and O–H groups in total. The van der Waals surface area contributed by atoms with Crippen molar-refractivity contribution in [2.75, 3.05) is 52.4 Å². The molecule has 3 saturated heterocycles. The molecule has 11 heterocycles. The van der Waals surface area contributed by atoms with Crippen LogP contribution < -0.4 is 89.1 Å². The molecular formula is C95H112Cl2N19O31S2+. The van der Waals surface area contributed by atoms with Gasteiger partial charge in [-0.15, -0.1) is 11.8 Å². The zero-order valence-corrected chi connectivity index (χ0v) is 83.9. The van der Waals surface area contributed by atoms with Crippen LogP contribution in [0.15, 0.2) is 114 Å². The average Bonchev–Trinajstić information content (AvgIpc) is 1.08. The summed E-state index contributed by atoms with van der Waals surface area (Å²) in [6.45, 7) is 5.16. The number of carbonyl (C=O) groups is 13. The van der Waals surface area contributed by atoms with Gasteiger partial charge in [0, 0.05) is 110 Å². The number of primary amides is 1. The van der Waals surface area contributed by atoms with Crippen LogP contribution >= 0.6 is 46.5 Å². The lowest BCUT2D eigenvalue weighted by Gasteiger charge is -2.49. The summed E-state index contributed by atoms with van der Waals surface area (Å²) in [5.41, 5.74) is 13.4. The molecule has 3 fully saturated rings. The number of hydrogen-bond acceptors (Lipinski definition) is 38. The number of unbranched alkanes of at least 4 members (excludes halogenated alkanes) is 1. The number of hydrogen-bond donors (Lipinski definition) is 24. The van der Waals surface area contributed by atoms with Crippen molar-refractivity contribution in [3.8, 4) is 57.1 Å². The third-order valence-corrected chi connectivity index (χ3v) is 28.3. The van der Waals surface area contributed by atoms with Crippen LogP contribution in [0.5, 0.6) is 46.0 Å². The van der Waals surface area contributed by atoms with Gasteiger partial charge in [-0.25, -0.2) is 14.2 Å². The van der Waals surface area contributed by atoms with E-state index in [1.807, 2.05) is 0 Å². The normalized spacial score (nSPS) is 25.7. The SMILES string of the molecule is CN[C@H](CC(C)C)C(=O)N[C@H]1C(=O)N[C@@H](CC(N)=O)C(=O)N[C@H]2C(=O)NC3C(=O)NC(C(=O)N[C@H](C(=O)O)c4cc(O)c(CNCCN(C)C(=O)CCCCC(=O)NCc5cc[n+](CC6=C(C(=O)O)N7C(=O)[C@@H](NC(=O)/C(=N\OC)c8nsc(N)n8)[C@H]7SC6)cc5)c(O)c4-c4cc3ccc4O)[C@H](O)c3ccc(c(Cl)c3)Oc3cc2cc(c3O[C@@H]2O[C@H](CO)[C@@H](O)[C@H](O)[C@H]2O[C@H]2C[C@](C)(N)[C@H](O)[C@H](C)O2)Oc2ccc(cc2Cl)[C@H]1O. The smallest absolute Gasteiger partial charge is 0.352 e. The van der Waals surface area contributed by atoms with Crippen LogP contribution in [0.1, 0.15) is 148 Å². The molecule has 11 amide bonds. The number of anilines is 1. The van der Waals surface area contributed by atoms with Crippen LogP contribution in [0.3, 0.4) is 0 Å². The second kappa shape index (κ2) is 47.4. The van der Waals surface area contributed by atoms with E-state index in [1.54, 1.807) is 42.9 Å². The monoisotopic (exact) mass is 2150 g/mol. The Hall–Kier alpha value is -13.8. The summed E-state index contributed by atoms with van der Waals surface area (Å²) in [5.74, 6) is -20.5. The van der Waals surface area contributed by atoms with Crippen molar-refractivity contribution in [3.63, 3.8) is 0 Å². The molecule has 16 rings (SSSR count). The minimum atomic E-state index is -2.43. The number of ether oxygens (including phenoxy) is 6. The summed E-state index contributed by atoms with van der Waals surface area (Å²) in [6.07, 6.45) is -15.3. The van der Waals surface area contributed by atoms with Crippen LogP contribution in [0.2, 0.25) is 10.0 Å². The molecule has 798 valence electrons. The van der Waals surface area contributed by atoms with E-state index in [4.69, 9.17) is 73.7 Å². The lowest BCUT2D eigenvalue weighted by Crippen LogP contribution is -2.71. The minimum absolute atomic E-state index is 0.0128. The molecule has 2 unspecified atom stereocenters. The highest BCUT2D eigenvalue weighted by molar-refractivity contribution is 8.00. The lowest BCUT2D eigenvalue weighted by atomic mass is 9.86. The number of nitrogens with zero attached hydrogens (tertiary/aromatic N) is 6. The minimum Gasteiger partial charge on any atom is -0.507 e. The number of phenolic OH excluding ortho intramolecular Hbond substituents is 3. The Morgan fingerprint density at radius 2 is 1.41 bits per heavy atom. The second-order valence-electron chi connectivity index (χ2n) is 37.0. The van der Waals surface area contributed by atoms with Crippen molar-refractivity contribution in [3.05, 3.63) is 163 Å². The molecule has 0 spiro atoms. The van der Waals surface area contributed by atoms with Crippen LogP contribution in [-0.2, 0) is 101 Å². The number of halogens is 2. The van der Waals surface area contributed by atoms with Gasteiger partial charge in [0.1, 0.15) is 114 Å². The molecule has 0 radical (unpaired) electrons. The fourth-order valence-electron chi connectivity index (χ4n) is 17.9. The van der Waals surface area contributed by atoms with Crippen LogP contribution in [-0.4, -0.2) is 295 Å². The Kier molecular flexibility index (Phi) is 35.2. The van der Waals surface area contributed by atoms with Crippen molar-refractivity contribution < 1.29 is 156 Å². The van der Waals surface area contributed by atoms with Gasteiger partial charge in [-0.05, 0) is 128 Å². The van der Waals surface area contributed by atoms with Crippen molar-refractivity contribution >= 4 is 134 Å². The number of likely N-dealkylation sites (N-methyl/N-ethyl adjacent to an activating group) is 2. The topological polar surface area (TPSA) is 756 Å². The van der Waals surface area contributed by atoms with Gasteiger partial charge < -0.3 is 165 Å². The third kappa shape index (κ3) is 25.0. The summed E-state index contributed by atoms with van der Waals surface area (Å²) in [4.78, 5) is 197. The number of thioether (sulfide) groups is 1. The average molecular weight is 2150 g/mol. The first-order valence-electron chi connectivity index (χ1n) is 46.8. The molecule has 9 aliphatic rings. The number of nitrogens with two attached hydrogens (primary N) is 3. The molecule has 2 aromatic heterocycles. The predicted molar refractivity (Wildman–Crippen MR) is 523 cm³/mol. The standard InChI is InChI=1S/C95H111Cl2N19O31S2/c1-38(2)24-51(101-5)82(129)108-68-73(123)42-13-16-55(49(96)26-42)143-57-28-44-29-58(78(57)147-93-79(77(127)76(126)59(36-117)145-93)146-63-32-95(4,100)80(128)39(3)142-63)144-56-17-14-43(27-50(56)97)74(124)69-87(134)107-67(91(137)138)47-30-54(119)48(75(125)64(47)46-25-41(12-15-53(46)118)65(84(131)109-69)106-85(132)66(44)105-83(130)52(31-60(98)120)104-86(68)133)34-102-20-23-114(6)62(122)11-9-8-10-61(121)103-33-40-18-21-115(22-19-40)35-45-37-148-90-71(89(136)116(90)72(45)92(139)140)110-88(135)70(112-141-7)81-111-94(99)149-113-81/h12-19,21-22,25-30,38-39,51-52,59,63,65-69,71,73-74,76-77,79-80,90,93,101-102,117,123-124,126-128H,8-11,20,23-24,31-37,100H2,1-7H3,(H16-,98,99,103,104,105,106,107,108,109,110,111,112,113,118,119,120,121,125,129,130,131,132,133,134,135,137,138,139,140)/p+1/t39-,51+,52-,59+,63-,65?,66+,67-,68+,69?,71+,73+,74+,76+,77-,79+,80+,90+,93-,95-/m0/s1. The third-order valence-electron chi connectivity index (χ3n) is 25.9. The molecule has 11 bridgehead atoms. The fraction of sp³-hybridized carbons (Fsp3) is 0.442. The number of aliphatic hydroxyl groups excluding tert-OH is 6. The lowest BCUT2D eigenvalue weighted by molar-refractivity contribution is -0.689. The molecule has 149 heavy (non-hydrogen) atoms. The molecule has 0 saturated carbocycles. The van der Waals surface area contributed by atoms with E-state index >= 15 is 24.0 Å². The number of carbonyl (C=O) groups excluding carboxylic acids is 11. The Morgan fingerprint density at radius 1 is 0.758 bits per heavy atom. The molecule has 9 aliphatic heterocycles. The number of carboxylic acid groups (broad SMARTS) is 2. The molecule has 54 heteroatoms. The van der Waals surface area contributed by atoms with Crippen LogP contribution in [0.25, 0.3) is 11.1 Å². The number of aromatic hydroxyl groups is 3. The first kappa shape index (κ1) is 111. The quantitative estimate of drug-likeness (QED) is 0.00794. The first-order valence-corrected chi connectivity index (χ1v) is 49.4. The number of carboxylic acids is 2. The number of β-lactam (4-membered cyclic amide) rings is 1. The van der Waals surface area contributed by atoms with Crippen molar-refractivity contribution in [2.45, 2.75) is 213 Å². The van der Waals surface area contributed by atoms with E-state index in [0.29, 0.717) is 11.1 Å². The maximum atomic E-state index is 16.5. The number of nitrogen functional groups attached to an aromatic ring is 1. The Morgan fingerprint density at radius 3 is 2.03 bits per heavy atom. The highest BCUT2D eigenvalue weighted by atomic mass is 35.5. The number of benzene rings is 5. The number of nitrogens with one attached hydrogen (secondary N) is 10. The summed E-state index contributed by atoms with van der Waals surface area (Å²) >= 11 is 16.4. The van der Waals surface area contributed by atoms with Crippen molar-refractivity contribution in [1.29, 1.82) is 0 Å². The Bertz CT molecular complexity index is 6400. The number of phenols is 3. The van der Waals surface area contributed by atoms with Crippen LogP contribution in [0.4, 0.5) is 5.13 Å². The number of aromatic nitrogens is 3. The molecule has 7 aromatic rings. The first-order chi connectivity index (χ1) is 70.7. The van der Waals surface area contributed by atoms with E-state index < -0.39 is 289 Å². The largest absolute Gasteiger partial charge is 0.507 e. The number of aliphatic carboxylic acids is 2. The summed E-state index contributed by atoms with van der Waals surface area (Å²) < 4.78 is 44.3. The van der Waals surface area contributed by atoms with Gasteiger partial charge >= 0.3 is 11.9 Å². The van der Waals surface area contributed by atoms with E-state index in [2.05, 4.69) is 67.7 Å². The van der Waals surface area contributed by atoms with Gasteiger partial charge in [-0.1, -0.05) is 60.4 Å². The van der Waals surface area contributed by atoms with E-state index in [0.717, 1.165) is 77.1 Å². The van der Waals surface area contributed by atoms with Gasteiger partial charge in [-0.3, -0.25) is 57.6 Å². The number of amides is 11. The van der Waals surface area contributed by atoms with Crippen molar-refractivity contribution in [1.82, 2.24) is 72.3 Å². The highest BCUT2D eigenvalue weighted by Crippen LogP contribution is 2.52. The Labute approximate surface area is 866 Å². The van der Waals surface area contributed by atoms with Gasteiger partial charge in [0.15, 0.2) is 54.0 Å². The van der Waals surface area contributed by atoms with Crippen LogP contribution in [0, 0.1) is 5.92 Å². The van der Waals surface area contributed by atoms with Gasteiger partial charge in [0.2, 0.25) is 76.7 Å². The highest BCUT2D eigenvalue weighted by Gasteiger charge is 2.57. The summed E-state index contributed by atoms with van der Waals surface area (Å²) in [7, 11) is 4.15. The van der Waals surface area contributed by atoms with Gasteiger partial charge in [0.05, 0.1) is 46.9 Å². The second-order valence-corrected chi connectivity index (χ2v) is 39.7. The molecule has 50 nitrogen and oxygen atoms in total. The van der Waals surface area contributed by atoms with Crippen molar-refractivity contribution in [2.24, 2.45) is 22.5 Å².